The fourth-order valence-corrected chi connectivity index (χ4v) is 2.02. The van der Waals surface area contributed by atoms with Crippen LogP contribution in [0.3, 0.4) is 0 Å². The minimum absolute atomic E-state index is 0.0359. The molecule has 0 spiro atoms. The van der Waals surface area contributed by atoms with E-state index >= 15 is 0 Å². The first kappa shape index (κ1) is 16.5. The summed E-state index contributed by atoms with van der Waals surface area (Å²) in [5.41, 5.74) is 2.38. The zero-order chi connectivity index (χ0) is 16.8. The monoisotopic (exact) mass is 310 g/mol. The number of carboxylic acids is 1. The van der Waals surface area contributed by atoms with E-state index in [0.717, 1.165) is 12.0 Å². The molecule has 4 nitrogen and oxygen atoms in total. The smallest absolute Gasteiger partial charge is 0.371 e. The lowest BCUT2D eigenvalue weighted by atomic mass is 10.1. The van der Waals surface area contributed by atoms with Crippen molar-refractivity contribution in [3.05, 3.63) is 71.0 Å². The van der Waals surface area contributed by atoms with Crippen LogP contribution in [0, 0.1) is 0 Å². The highest BCUT2D eigenvalue weighted by molar-refractivity contribution is 5.94. The Hall–Kier alpha value is -2.88. The quantitative estimate of drug-likeness (QED) is 0.498. The van der Waals surface area contributed by atoms with Gasteiger partial charge in [-0.1, -0.05) is 43.3 Å². The molecule has 1 N–H and O–H groups in total. The Bertz CT molecular complexity index is 725. The molecule has 0 unspecified atom stereocenters. The third-order valence-electron chi connectivity index (χ3n) is 3.39. The lowest BCUT2D eigenvalue weighted by Gasteiger charge is -2.07. The number of benzene rings is 2. The van der Waals surface area contributed by atoms with Crippen LogP contribution in [0.25, 0.3) is 6.08 Å². The van der Waals surface area contributed by atoms with Gasteiger partial charge in [-0.15, -0.1) is 0 Å². The Labute approximate surface area is 135 Å². The zero-order valence-corrected chi connectivity index (χ0v) is 13.1. The summed E-state index contributed by atoms with van der Waals surface area (Å²) in [7, 11) is 0. The predicted molar refractivity (Wildman–Crippen MR) is 88.5 cm³/mol. The molecule has 0 amide bonds. The number of hydrogen-bond donors (Lipinski definition) is 1. The van der Waals surface area contributed by atoms with E-state index in [0.29, 0.717) is 16.9 Å². The first-order valence-corrected chi connectivity index (χ1v) is 7.32. The third-order valence-corrected chi connectivity index (χ3v) is 3.39. The number of carbonyl (C=O) groups excluding carboxylic acids is 1. The number of aliphatic carboxylic acids is 1. The van der Waals surface area contributed by atoms with Gasteiger partial charge in [-0.3, -0.25) is 4.79 Å². The predicted octanol–water partition coefficient (Wildman–Crippen LogP) is 3.96. The van der Waals surface area contributed by atoms with Crippen LogP contribution < -0.4 is 4.74 Å². The number of hydrogen-bond acceptors (Lipinski definition) is 3. The molecule has 2 aromatic carbocycles. The summed E-state index contributed by atoms with van der Waals surface area (Å²) in [6.45, 7) is 3.53. The van der Waals surface area contributed by atoms with Gasteiger partial charge in [0, 0.05) is 5.56 Å². The second kappa shape index (κ2) is 7.40. The molecule has 4 heteroatoms. The Kier molecular flexibility index (Phi) is 5.31. The van der Waals surface area contributed by atoms with E-state index in [1.54, 1.807) is 36.4 Å². The van der Waals surface area contributed by atoms with E-state index in [1.165, 1.54) is 13.0 Å². The van der Waals surface area contributed by atoms with Gasteiger partial charge in [-0.05, 0) is 42.7 Å². The first-order chi connectivity index (χ1) is 11.0. The van der Waals surface area contributed by atoms with E-state index in [-0.39, 0.29) is 11.5 Å². The number of Topliss-reactive ketones (excluding diaryl/α,β-unsaturated/α-hetero) is 1. The van der Waals surface area contributed by atoms with E-state index in [4.69, 9.17) is 4.74 Å². The zero-order valence-electron chi connectivity index (χ0n) is 13.1. The Morgan fingerprint density at radius 3 is 2.13 bits per heavy atom. The van der Waals surface area contributed by atoms with Crippen LogP contribution in [0.2, 0.25) is 0 Å². The van der Waals surface area contributed by atoms with Gasteiger partial charge in [-0.2, -0.15) is 0 Å². The molecule has 0 fully saturated rings. The highest BCUT2D eigenvalue weighted by Gasteiger charge is 2.11. The number of carboxylic acid groups (broad SMARTS) is 1. The highest BCUT2D eigenvalue weighted by atomic mass is 16.5. The lowest BCUT2D eigenvalue weighted by molar-refractivity contribution is -0.134. The van der Waals surface area contributed by atoms with Crippen molar-refractivity contribution in [1.29, 1.82) is 0 Å². The van der Waals surface area contributed by atoms with Crippen molar-refractivity contribution in [3.8, 4) is 5.75 Å². The summed E-state index contributed by atoms with van der Waals surface area (Å²) >= 11 is 0. The number of carbonyl (C=O) groups is 2. The van der Waals surface area contributed by atoms with E-state index in [9.17, 15) is 14.7 Å². The van der Waals surface area contributed by atoms with Crippen molar-refractivity contribution in [3.63, 3.8) is 0 Å². The van der Waals surface area contributed by atoms with Gasteiger partial charge in [0.15, 0.2) is 5.78 Å². The standard InChI is InChI=1S/C19H18O4/c1-3-14-6-10-17(11-7-14)23-18(19(21)22)12-15-4-8-16(9-5-15)13(2)20/h4-12H,3H2,1-2H3,(H,21,22). The fourth-order valence-electron chi connectivity index (χ4n) is 2.02. The number of rotatable bonds is 6. The van der Waals surface area contributed by atoms with Crippen LogP contribution in [0.4, 0.5) is 0 Å². The summed E-state index contributed by atoms with van der Waals surface area (Å²) in [4.78, 5) is 22.6. The molecule has 0 aliphatic carbocycles. The third kappa shape index (κ3) is 4.54. The molecule has 0 bridgehead atoms. The molecule has 0 heterocycles. The van der Waals surface area contributed by atoms with Crippen molar-refractivity contribution < 1.29 is 19.4 Å². The van der Waals surface area contributed by atoms with Crippen molar-refractivity contribution in [1.82, 2.24) is 0 Å². The number of ether oxygens (including phenoxy) is 1. The normalized spacial score (nSPS) is 11.1. The number of ketones is 1. The summed E-state index contributed by atoms with van der Waals surface area (Å²) in [6.07, 6.45) is 2.34. The summed E-state index contributed by atoms with van der Waals surface area (Å²) in [5.74, 6) is -0.896. The molecule has 23 heavy (non-hydrogen) atoms. The van der Waals surface area contributed by atoms with Gasteiger partial charge in [0.05, 0.1) is 0 Å². The van der Waals surface area contributed by atoms with Gasteiger partial charge < -0.3 is 9.84 Å². The van der Waals surface area contributed by atoms with Crippen LogP contribution in [0.5, 0.6) is 5.75 Å². The average molecular weight is 310 g/mol. The molecule has 2 rings (SSSR count). The Balaban J connectivity index is 2.22. The van der Waals surface area contributed by atoms with Crippen molar-refractivity contribution in [2.45, 2.75) is 20.3 Å². The molecular weight excluding hydrogens is 292 g/mol. The molecular formula is C19H18O4. The van der Waals surface area contributed by atoms with Crippen LogP contribution in [-0.2, 0) is 11.2 Å². The summed E-state index contributed by atoms with van der Waals surface area (Å²) in [5, 5.41) is 9.29. The molecule has 0 atom stereocenters. The van der Waals surface area contributed by atoms with Crippen molar-refractivity contribution in [2.75, 3.05) is 0 Å². The van der Waals surface area contributed by atoms with Crippen molar-refractivity contribution in [2.24, 2.45) is 0 Å². The first-order valence-electron chi connectivity index (χ1n) is 7.32. The molecule has 0 saturated heterocycles. The second-order valence-corrected chi connectivity index (χ2v) is 5.09. The molecule has 0 aromatic heterocycles. The fraction of sp³-hybridized carbons (Fsp3) is 0.158. The second-order valence-electron chi connectivity index (χ2n) is 5.09. The minimum Gasteiger partial charge on any atom is -0.475 e. The molecule has 118 valence electrons. The maximum atomic E-state index is 11.4. The lowest BCUT2D eigenvalue weighted by Crippen LogP contribution is -2.07. The summed E-state index contributed by atoms with van der Waals surface area (Å²) in [6, 6.07) is 14.0. The average Bonchev–Trinajstić information content (AvgIpc) is 2.55. The molecule has 0 saturated carbocycles. The van der Waals surface area contributed by atoms with E-state index in [1.807, 2.05) is 19.1 Å². The van der Waals surface area contributed by atoms with Gasteiger partial charge in [0.1, 0.15) is 5.75 Å². The van der Waals surface area contributed by atoms with Gasteiger partial charge in [-0.25, -0.2) is 4.79 Å². The summed E-state index contributed by atoms with van der Waals surface area (Å²) < 4.78 is 5.45. The molecule has 0 aliphatic rings. The van der Waals surface area contributed by atoms with Crippen molar-refractivity contribution >= 4 is 17.8 Å². The van der Waals surface area contributed by atoms with Crippen LogP contribution in [-0.4, -0.2) is 16.9 Å². The van der Waals surface area contributed by atoms with Crippen LogP contribution >= 0.6 is 0 Å². The Morgan fingerprint density at radius 2 is 1.65 bits per heavy atom. The topological polar surface area (TPSA) is 63.6 Å². The molecule has 0 radical (unpaired) electrons. The van der Waals surface area contributed by atoms with Crippen LogP contribution in [0.1, 0.15) is 35.3 Å². The maximum absolute atomic E-state index is 11.4. The van der Waals surface area contributed by atoms with E-state index < -0.39 is 5.97 Å². The minimum atomic E-state index is -1.15. The maximum Gasteiger partial charge on any atom is 0.371 e. The highest BCUT2D eigenvalue weighted by Crippen LogP contribution is 2.18. The van der Waals surface area contributed by atoms with Gasteiger partial charge in [0.25, 0.3) is 0 Å². The SMILES string of the molecule is CCc1ccc(OC(=Cc2ccc(C(C)=O)cc2)C(=O)O)cc1. The van der Waals surface area contributed by atoms with E-state index in [2.05, 4.69) is 0 Å². The van der Waals surface area contributed by atoms with Gasteiger partial charge in [0.2, 0.25) is 5.76 Å². The molecule has 0 aliphatic heterocycles. The molecule has 2 aromatic rings. The van der Waals surface area contributed by atoms with Crippen LogP contribution in [0.15, 0.2) is 54.3 Å². The Morgan fingerprint density at radius 1 is 1.04 bits per heavy atom. The van der Waals surface area contributed by atoms with Gasteiger partial charge >= 0.3 is 5.97 Å². The largest absolute Gasteiger partial charge is 0.475 e. The number of aryl methyl sites for hydroxylation is 1.